The van der Waals surface area contributed by atoms with Crippen LogP contribution in [0.25, 0.3) is 10.9 Å². The highest BCUT2D eigenvalue weighted by Crippen LogP contribution is 2.38. The number of aryl methyl sites for hydroxylation is 1. The van der Waals surface area contributed by atoms with Gasteiger partial charge in [-0.1, -0.05) is 35.5 Å². The topological polar surface area (TPSA) is 31.2 Å². The van der Waals surface area contributed by atoms with Crippen LogP contribution in [0.1, 0.15) is 16.1 Å². The third kappa shape index (κ3) is 2.96. The van der Waals surface area contributed by atoms with E-state index in [4.69, 9.17) is 16.3 Å². The van der Waals surface area contributed by atoms with Gasteiger partial charge >= 0.3 is 5.97 Å². The molecule has 0 amide bonds. The van der Waals surface area contributed by atoms with Crippen LogP contribution in [-0.4, -0.2) is 17.6 Å². The van der Waals surface area contributed by atoms with Crippen LogP contribution in [0.4, 0.5) is 0 Å². The molecule has 0 aliphatic rings. The Kier molecular flexibility index (Phi) is 4.37. The second-order valence-corrected chi connectivity index (χ2v) is 6.78. The number of nitrogens with zero attached hydrogens (tertiary/aromatic N) is 1. The van der Waals surface area contributed by atoms with E-state index in [0.717, 1.165) is 26.5 Å². The summed E-state index contributed by atoms with van der Waals surface area (Å²) in [5, 5.41) is 1.88. The zero-order chi connectivity index (χ0) is 16.6. The molecule has 0 aliphatic carbocycles. The number of fused-ring (bicyclic) bond motifs is 1. The van der Waals surface area contributed by atoms with Gasteiger partial charge in [0.25, 0.3) is 0 Å². The van der Waals surface area contributed by atoms with Crippen LogP contribution < -0.4 is 0 Å². The number of hydrogen-bond donors (Lipinski definition) is 0. The fourth-order valence-corrected chi connectivity index (χ4v) is 3.86. The molecule has 1 aromatic heterocycles. The Labute approximate surface area is 144 Å². The maximum atomic E-state index is 11.7. The summed E-state index contributed by atoms with van der Waals surface area (Å²) in [6.07, 6.45) is 0. The molecule has 0 radical (unpaired) electrons. The summed E-state index contributed by atoms with van der Waals surface area (Å²) in [5.74, 6) is -0.325. The molecular formula is C18H16ClNO2S. The van der Waals surface area contributed by atoms with Crippen molar-refractivity contribution < 1.29 is 9.53 Å². The lowest BCUT2D eigenvalue weighted by atomic mass is 10.2. The Morgan fingerprint density at radius 1 is 1.22 bits per heavy atom. The molecule has 0 atom stereocenters. The number of benzene rings is 2. The highest BCUT2D eigenvalue weighted by molar-refractivity contribution is 7.99. The summed E-state index contributed by atoms with van der Waals surface area (Å²) in [4.78, 5) is 13.9. The van der Waals surface area contributed by atoms with E-state index in [0.29, 0.717) is 5.56 Å². The Morgan fingerprint density at radius 2 is 2.00 bits per heavy atom. The van der Waals surface area contributed by atoms with E-state index in [-0.39, 0.29) is 5.97 Å². The normalized spacial score (nSPS) is 11.0. The summed E-state index contributed by atoms with van der Waals surface area (Å²) in [6.45, 7) is 2.08. The molecule has 0 saturated heterocycles. The van der Waals surface area contributed by atoms with Gasteiger partial charge in [-0.15, -0.1) is 0 Å². The quantitative estimate of drug-likeness (QED) is 0.620. The molecule has 0 fully saturated rings. The first kappa shape index (κ1) is 16.0. The predicted molar refractivity (Wildman–Crippen MR) is 94.6 cm³/mol. The first-order chi connectivity index (χ1) is 11.0. The molecule has 3 aromatic rings. The SMILES string of the molecule is COC(=O)c1cccc(Sc2c(C)n(C)c3cc(Cl)ccc23)c1. The molecule has 23 heavy (non-hydrogen) atoms. The molecule has 0 aliphatic heterocycles. The number of ether oxygens (including phenoxy) is 1. The van der Waals surface area contributed by atoms with Crippen molar-refractivity contribution in [1.82, 2.24) is 4.57 Å². The summed E-state index contributed by atoms with van der Waals surface area (Å²) in [6, 6.07) is 13.4. The fraction of sp³-hybridized carbons (Fsp3) is 0.167. The first-order valence-electron chi connectivity index (χ1n) is 7.12. The second-order valence-electron chi connectivity index (χ2n) is 5.26. The van der Waals surface area contributed by atoms with Gasteiger partial charge in [-0.3, -0.25) is 0 Å². The van der Waals surface area contributed by atoms with Gasteiger partial charge in [0.2, 0.25) is 0 Å². The standard InChI is InChI=1S/C18H16ClNO2S/c1-11-17(15-8-7-13(19)10-16(15)20(11)2)23-14-6-4-5-12(9-14)18(21)22-3/h4-10H,1-3H3. The summed E-state index contributed by atoms with van der Waals surface area (Å²) < 4.78 is 6.92. The summed E-state index contributed by atoms with van der Waals surface area (Å²) in [7, 11) is 3.42. The van der Waals surface area contributed by atoms with Gasteiger partial charge < -0.3 is 9.30 Å². The van der Waals surface area contributed by atoms with Gasteiger partial charge in [-0.2, -0.15) is 0 Å². The third-order valence-corrected chi connectivity index (χ3v) is 5.32. The van der Waals surface area contributed by atoms with Gasteiger partial charge in [0.15, 0.2) is 0 Å². The Morgan fingerprint density at radius 3 is 2.74 bits per heavy atom. The molecule has 3 rings (SSSR count). The molecule has 2 aromatic carbocycles. The molecule has 118 valence electrons. The van der Waals surface area contributed by atoms with Crippen LogP contribution in [0.15, 0.2) is 52.3 Å². The lowest BCUT2D eigenvalue weighted by Gasteiger charge is -2.05. The highest BCUT2D eigenvalue weighted by atomic mass is 35.5. The molecule has 0 spiro atoms. The molecule has 1 heterocycles. The number of esters is 1. The minimum Gasteiger partial charge on any atom is -0.465 e. The Balaban J connectivity index is 2.05. The van der Waals surface area contributed by atoms with E-state index in [1.54, 1.807) is 17.8 Å². The first-order valence-corrected chi connectivity index (χ1v) is 8.31. The van der Waals surface area contributed by atoms with Crippen LogP contribution in [0.5, 0.6) is 0 Å². The maximum absolute atomic E-state index is 11.7. The average molecular weight is 346 g/mol. The van der Waals surface area contributed by atoms with Crippen LogP contribution >= 0.6 is 23.4 Å². The second kappa shape index (κ2) is 6.30. The number of carbonyl (C=O) groups is 1. The molecular weight excluding hydrogens is 330 g/mol. The summed E-state index contributed by atoms with van der Waals surface area (Å²) >= 11 is 7.75. The minimum atomic E-state index is -0.325. The van der Waals surface area contributed by atoms with Gasteiger partial charge in [0.1, 0.15) is 0 Å². The predicted octanol–water partition coefficient (Wildman–Crippen LogP) is 5.08. The van der Waals surface area contributed by atoms with E-state index >= 15 is 0 Å². The van der Waals surface area contributed by atoms with Crippen molar-refractivity contribution in [3.63, 3.8) is 0 Å². The maximum Gasteiger partial charge on any atom is 0.337 e. The Bertz CT molecular complexity index is 901. The molecule has 0 saturated carbocycles. The monoisotopic (exact) mass is 345 g/mol. The number of aromatic nitrogens is 1. The summed E-state index contributed by atoms with van der Waals surface area (Å²) in [5.41, 5.74) is 2.82. The van der Waals surface area contributed by atoms with Crippen molar-refractivity contribution >= 4 is 40.2 Å². The number of carbonyl (C=O) groups excluding carboxylic acids is 1. The van der Waals surface area contributed by atoms with Crippen molar-refractivity contribution in [2.75, 3.05) is 7.11 Å². The van der Waals surface area contributed by atoms with Crippen LogP contribution in [0, 0.1) is 6.92 Å². The third-order valence-electron chi connectivity index (χ3n) is 3.87. The average Bonchev–Trinajstić information content (AvgIpc) is 2.79. The minimum absolute atomic E-state index is 0.325. The van der Waals surface area contributed by atoms with Crippen molar-refractivity contribution in [2.24, 2.45) is 7.05 Å². The molecule has 0 unspecified atom stereocenters. The lowest BCUT2D eigenvalue weighted by Crippen LogP contribution is -2.00. The largest absolute Gasteiger partial charge is 0.465 e. The van der Waals surface area contributed by atoms with Crippen molar-refractivity contribution in [2.45, 2.75) is 16.7 Å². The number of halogens is 1. The molecule has 3 nitrogen and oxygen atoms in total. The smallest absolute Gasteiger partial charge is 0.337 e. The Hall–Kier alpha value is -1.91. The van der Waals surface area contributed by atoms with Crippen LogP contribution in [0.2, 0.25) is 5.02 Å². The number of rotatable bonds is 3. The van der Waals surface area contributed by atoms with E-state index in [1.165, 1.54) is 12.0 Å². The van der Waals surface area contributed by atoms with E-state index in [1.807, 2.05) is 43.4 Å². The van der Waals surface area contributed by atoms with E-state index < -0.39 is 0 Å². The van der Waals surface area contributed by atoms with Crippen LogP contribution in [0.3, 0.4) is 0 Å². The van der Waals surface area contributed by atoms with Crippen molar-refractivity contribution in [3.8, 4) is 0 Å². The lowest BCUT2D eigenvalue weighted by molar-refractivity contribution is 0.0600. The van der Waals surface area contributed by atoms with Gasteiger partial charge in [-0.25, -0.2) is 4.79 Å². The zero-order valence-corrected chi connectivity index (χ0v) is 14.7. The molecule has 0 bridgehead atoms. The molecule has 5 heteroatoms. The van der Waals surface area contributed by atoms with Crippen molar-refractivity contribution in [1.29, 1.82) is 0 Å². The number of methoxy groups -OCH3 is 1. The van der Waals surface area contributed by atoms with Gasteiger partial charge in [-0.05, 0) is 37.3 Å². The van der Waals surface area contributed by atoms with Crippen LogP contribution in [-0.2, 0) is 11.8 Å². The van der Waals surface area contributed by atoms with Gasteiger partial charge in [0.05, 0.1) is 18.2 Å². The van der Waals surface area contributed by atoms with E-state index in [9.17, 15) is 4.79 Å². The van der Waals surface area contributed by atoms with Gasteiger partial charge in [0, 0.05) is 32.9 Å². The highest BCUT2D eigenvalue weighted by Gasteiger charge is 2.14. The number of hydrogen-bond acceptors (Lipinski definition) is 3. The van der Waals surface area contributed by atoms with Crippen molar-refractivity contribution in [3.05, 3.63) is 58.7 Å². The fourth-order valence-electron chi connectivity index (χ4n) is 2.55. The zero-order valence-electron chi connectivity index (χ0n) is 13.1. The van der Waals surface area contributed by atoms with E-state index in [2.05, 4.69) is 11.5 Å². The molecule has 0 N–H and O–H groups in total.